The molecular formula is C40H52N6O4. The maximum absolute atomic E-state index is 12.7. The Bertz CT molecular complexity index is 1870. The molecule has 50 heavy (non-hydrogen) atoms. The molecule has 4 N–H and O–H groups in total. The number of carbonyl (C=O) groups excluding carboxylic acids is 2. The van der Waals surface area contributed by atoms with Crippen molar-refractivity contribution < 1.29 is 19.1 Å². The molecule has 2 atom stereocenters. The number of amides is 2. The smallest absolute Gasteiger partial charge is 0.408 e. The van der Waals surface area contributed by atoms with E-state index in [0.717, 1.165) is 44.1 Å². The maximum atomic E-state index is 12.7. The fourth-order valence-corrected chi connectivity index (χ4v) is 5.83. The summed E-state index contributed by atoms with van der Waals surface area (Å²) in [5.41, 5.74) is 1.90. The fraction of sp³-hybridized carbons (Fsp3) is 0.450. The van der Waals surface area contributed by atoms with Crippen molar-refractivity contribution >= 4 is 33.7 Å². The summed E-state index contributed by atoms with van der Waals surface area (Å²) in [4.78, 5) is 41.6. The third-order valence-electron chi connectivity index (χ3n) is 8.21. The second-order valence-electron chi connectivity index (χ2n) is 17.2. The summed E-state index contributed by atoms with van der Waals surface area (Å²) >= 11 is 0. The summed E-state index contributed by atoms with van der Waals surface area (Å²) in [6.45, 7) is 23.4. The highest BCUT2D eigenvalue weighted by molar-refractivity contribution is 6.00. The first-order chi connectivity index (χ1) is 23.1. The van der Waals surface area contributed by atoms with E-state index in [0.29, 0.717) is 11.6 Å². The number of hydrogen-bond donors (Lipinski definition) is 4. The van der Waals surface area contributed by atoms with Crippen molar-refractivity contribution in [3.8, 4) is 22.5 Å². The molecular weight excluding hydrogens is 628 g/mol. The van der Waals surface area contributed by atoms with Gasteiger partial charge in [-0.15, -0.1) is 0 Å². The van der Waals surface area contributed by atoms with Gasteiger partial charge in [-0.25, -0.2) is 19.6 Å². The van der Waals surface area contributed by atoms with Gasteiger partial charge in [0.15, 0.2) is 0 Å². The van der Waals surface area contributed by atoms with Crippen LogP contribution in [0.2, 0.25) is 0 Å². The van der Waals surface area contributed by atoms with Gasteiger partial charge >= 0.3 is 12.2 Å². The van der Waals surface area contributed by atoms with Crippen LogP contribution in [0.1, 0.15) is 107 Å². The van der Waals surface area contributed by atoms with Gasteiger partial charge in [-0.3, -0.25) is 0 Å². The summed E-state index contributed by atoms with van der Waals surface area (Å²) in [6, 6.07) is 16.3. The quantitative estimate of drug-likeness (QED) is 0.132. The number of alkyl carbamates (subject to hydrolysis) is 2. The highest BCUT2D eigenvalue weighted by Gasteiger charge is 2.33. The second-order valence-corrected chi connectivity index (χ2v) is 17.2. The van der Waals surface area contributed by atoms with E-state index in [-0.39, 0.29) is 22.9 Å². The number of benzene rings is 3. The van der Waals surface area contributed by atoms with Gasteiger partial charge in [0.25, 0.3) is 0 Å². The fourth-order valence-electron chi connectivity index (χ4n) is 5.83. The molecule has 0 saturated carbocycles. The minimum atomic E-state index is -0.599. The molecule has 0 bridgehead atoms. The molecule has 0 aliphatic carbocycles. The Balaban J connectivity index is 1.39. The number of rotatable bonds is 6. The highest BCUT2D eigenvalue weighted by Crippen LogP contribution is 2.36. The Morgan fingerprint density at radius 1 is 0.560 bits per heavy atom. The number of hydrogen-bond acceptors (Lipinski definition) is 6. The standard InChI is InChI=1S/C40H52N6O4/c1-37(2,3)31(45-35(47)49-39(7,8)9)33-41-21-29(43-33)25-15-13-23-18-28-20-26(16-14-24(28)17-27(23)19-25)30-22-42-34(44-30)32(38(4,5)6)46-36(48)50-40(10,11)12/h13-22,31-32H,1-12H3,(H,41,43)(H,42,44)(H,45,47)(H,46,48)/t31-,32-/m1/s1. The molecule has 10 heteroatoms. The third kappa shape index (κ3) is 8.83. The summed E-state index contributed by atoms with van der Waals surface area (Å²) in [5, 5.41) is 10.4. The molecule has 5 rings (SSSR count). The molecule has 0 radical (unpaired) electrons. The van der Waals surface area contributed by atoms with Crippen LogP contribution >= 0.6 is 0 Å². The number of aromatic amines is 2. The van der Waals surface area contributed by atoms with Gasteiger partial charge in [0.2, 0.25) is 0 Å². The van der Waals surface area contributed by atoms with Crippen LogP contribution in [0.25, 0.3) is 44.1 Å². The number of ether oxygens (including phenoxy) is 2. The molecule has 0 aliphatic heterocycles. The van der Waals surface area contributed by atoms with Crippen LogP contribution < -0.4 is 10.6 Å². The number of aromatic nitrogens is 4. The van der Waals surface area contributed by atoms with Gasteiger partial charge in [-0.2, -0.15) is 0 Å². The first kappa shape index (κ1) is 36.4. The first-order valence-electron chi connectivity index (χ1n) is 17.1. The minimum Gasteiger partial charge on any atom is -0.444 e. The predicted molar refractivity (Wildman–Crippen MR) is 200 cm³/mol. The lowest BCUT2D eigenvalue weighted by atomic mass is 9.86. The number of carbonyl (C=O) groups is 2. The Kier molecular flexibility index (Phi) is 9.55. The van der Waals surface area contributed by atoms with Gasteiger partial charge in [-0.1, -0.05) is 65.8 Å². The molecule has 2 amide bonds. The van der Waals surface area contributed by atoms with Crippen molar-refractivity contribution in [3.05, 3.63) is 72.6 Å². The maximum Gasteiger partial charge on any atom is 0.408 e. The Hall–Kier alpha value is -4.86. The van der Waals surface area contributed by atoms with E-state index in [2.05, 4.69) is 121 Å². The Morgan fingerprint density at radius 2 is 0.920 bits per heavy atom. The number of imidazole rings is 2. The number of H-pyrrole nitrogens is 2. The zero-order valence-corrected chi connectivity index (χ0v) is 31.5. The average Bonchev–Trinajstić information content (AvgIpc) is 3.65. The van der Waals surface area contributed by atoms with E-state index in [4.69, 9.17) is 9.47 Å². The molecule has 2 heterocycles. The van der Waals surface area contributed by atoms with E-state index >= 15 is 0 Å². The van der Waals surface area contributed by atoms with Crippen molar-refractivity contribution in [1.82, 2.24) is 30.6 Å². The van der Waals surface area contributed by atoms with Gasteiger partial charge in [0.1, 0.15) is 22.9 Å². The van der Waals surface area contributed by atoms with Crippen LogP contribution in [-0.4, -0.2) is 43.3 Å². The SMILES string of the molecule is CC(C)(C)OC(=O)N[C@H](c1ncc(-c2ccc3cc4cc(-c5cnc([C@@H](NC(=O)OC(C)(C)C)C(C)(C)C)[nH]5)ccc4cc3c2)[nH]1)C(C)(C)C. The van der Waals surface area contributed by atoms with Crippen LogP contribution in [0.4, 0.5) is 9.59 Å². The van der Waals surface area contributed by atoms with Crippen molar-refractivity contribution in [3.63, 3.8) is 0 Å². The lowest BCUT2D eigenvalue weighted by Gasteiger charge is -2.31. The molecule has 10 nitrogen and oxygen atoms in total. The van der Waals surface area contributed by atoms with Crippen LogP contribution in [0.5, 0.6) is 0 Å². The number of nitrogens with one attached hydrogen (secondary N) is 4. The van der Waals surface area contributed by atoms with E-state index in [1.807, 2.05) is 53.9 Å². The molecule has 0 aliphatic rings. The van der Waals surface area contributed by atoms with Gasteiger partial charge in [-0.05, 0) is 98.2 Å². The Morgan fingerprint density at radius 3 is 1.24 bits per heavy atom. The summed E-state index contributed by atoms with van der Waals surface area (Å²) in [5.74, 6) is 1.34. The predicted octanol–water partition coefficient (Wildman–Crippen LogP) is 10.00. The molecule has 5 aromatic rings. The lowest BCUT2D eigenvalue weighted by Crippen LogP contribution is -2.40. The molecule has 0 unspecified atom stereocenters. The van der Waals surface area contributed by atoms with Gasteiger partial charge in [0, 0.05) is 11.1 Å². The van der Waals surface area contributed by atoms with Crippen LogP contribution in [0.15, 0.2) is 60.9 Å². The molecule has 0 saturated heterocycles. The summed E-state index contributed by atoms with van der Waals surface area (Å²) in [7, 11) is 0. The van der Waals surface area contributed by atoms with Crippen molar-refractivity contribution in [2.75, 3.05) is 0 Å². The Labute approximate surface area is 295 Å². The summed E-state index contributed by atoms with van der Waals surface area (Å²) < 4.78 is 11.1. The van der Waals surface area contributed by atoms with E-state index < -0.39 is 23.4 Å². The molecule has 0 fully saturated rings. The van der Waals surface area contributed by atoms with E-state index in [9.17, 15) is 9.59 Å². The lowest BCUT2D eigenvalue weighted by molar-refractivity contribution is 0.0448. The van der Waals surface area contributed by atoms with Crippen LogP contribution in [-0.2, 0) is 9.47 Å². The monoisotopic (exact) mass is 680 g/mol. The minimum absolute atomic E-state index is 0.309. The molecule has 266 valence electrons. The van der Waals surface area contributed by atoms with Gasteiger partial charge < -0.3 is 30.1 Å². The zero-order chi connectivity index (χ0) is 36.8. The zero-order valence-electron chi connectivity index (χ0n) is 31.5. The topological polar surface area (TPSA) is 134 Å². The van der Waals surface area contributed by atoms with E-state index in [1.165, 1.54) is 0 Å². The summed E-state index contributed by atoms with van der Waals surface area (Å²) in [6.07, 6.45) is 2.66. The molecule has 2 aromatic heterocycles. The largest absolute Gasteiger partial charge is 0.444 e. The number of nitrogens with zero attached hydrogens (tertiary/aromatic N) is 2. The van der Waals surface area contributed by atoms with Gasteiger partial charge in [0.05, 0.1) is 35.9 Å². The molecule has 0 spiro atoms. The van der Waals surface area contributed by atoms with Crippen LogP contribution in [0.3, 0.4) is 0 Å². The average molecular weight is 681 g/mol. The van der Waals surface area contributed by atoms with Crippen molar-refractivity contribution in [1.29, 1.82) is 0 Å². The van der Waals surface area contributed by atoms with E-state index in [1.54, 1.807) is 0 Å². The normalized spacial score (nSPS) is 14.0. The van der Waals surface area contributed by atoms with Crippen molar-refractivity contribution in [2.45, 2.75) is 106 Å². The second kappa shape index (κ2) is 13.1. The third-order valence-corrected chi connectivity index (χ3v) is 8.21. The number of fused-ring (bicyclic) bond motifs is 2. The van der Waals surface area contributed by atoms with Crippen LogP contribution in [0, 0.1) is 10.8 Å². The molecule has 3 aromatic carbocycles. The van der Waals surface area contributed by atoms with Crippen molar-refractivity contribution in [2.24, 2.45) is 10.8 Å². The first-order valence-corrected chi connectivity index (χ1v) is 17.1. The highest BCUT2D eigenvalue weighted by atomic mass is 16.6.